The van der Waals surface area contributed by atoms with Crippen molar-refractivity contribution in [2.75, 3.05) is 13.1 Å². The number of rotatable bonds is 6. The van der Waals surface area contributed by atoms with Gasteiger partial charge in [-0.15, -0.1) is 0 Å². The van der Waals surface area contributed by atoms with E-state index in [4.69, 9.17) is 5.26 Å². The average molecular weight is 230 g/mol. The molecule has 0 fully saturated rings. The summed E-state index contributed by atoms with van der Waals surface area (Å²) in [5.74, 6) is 0. The fourth-order valence-corrected chi connectivity index (χ4v) is 2.09. The second-order valence-corrected chi connectivity index (χ2v) is 4.53. The van der Waals surface area contributed by atoms with Gasteiger partial charge in [-0.3, -0.25) is 4.90 Å². The van der Waals surface area contributed by atoms with Crippen LogP contribution in [0.5, 0.6) is 0 Å². The quantitative estimate of drug-likeness (QED) is 0.748. The highest BCUT2D eigenvalue weighted by Gasteiger charge is 2.06. The Hall–Kier alpha value is -1.33. The molecular weight excluding hydrogens is 208 g/mol. The molecular formula is C15H22N2. The molecule has 1 aromatic rings. The molecule has 0 spiro atoms. The van der Waals surface area contributed by atoms with Crippen LogP contribution in [0.1, 0.15) is 43.4 Å². The third-order valence-corrected chi connectivity index (χ3v) is 2.95. The third kappa shape index (κ3) is 4.20. The third-order valence-electron chi connectivity index (χ3n) is 2.95. The monoisotopic (exact) mass is 230 g/mol. The minimum Gasteiger partial charge on any atom is -0.299 e. The van der Waals surface area contributed by atoms with E-state index in [1.54, 1.807) is 0 Å². The van der Waals surface area contributed by atoms with Crippen LogP contribution in [0.25, 0.3) is 0 Å². The van der Waals surface area contributed by atoms with Gasteiger partial charge >= 0.3 is 0 Å². The van der Waals surface area contributed by atoms with Crippen molar-refractivity contribution in [1.82, 2.24) is 4.90 Å². The molecule has 0 amide bonds. The molecule has 0 atom stereocenters. The lowest BCUT2D eigenvalue weighted by molar-refractivity contribution is 0.266. The summed E-state index contributed by atoms with van der Waals surface area (Å²) in [5.41, 5.74) is 3.32. The summed E-state index contributed by atoms with van der Waals surface area (Å²) in [6.07, 6.45) is 2.38. The molecule has 92 valence electrons. The van der Waals surface area contributed by atoms with Crippen molar-refractivity contribution in [3.05, 3.63) is 34.9 Å². The first-order chi connectivity index (χ1) is 8.21. The Bertz CT molecular complexity index is 384. The van der Waals surface area contributed by atoms with Gasteiger partial charge < -0.3 is 0 Å². The van der Waals surface area contributed by atoms with Gasteiger partial charge in [-0.1, -0.05) is 19.9 Å². The molecule has 0 N–H and O–H groups in total. The maximum absolute atomic E-state index is 8.84. The Morgan fingerprint density at radius 2 is 1.82 bits per heavy atom. The van der Waals surface area contributed by atoms with Crippen molar-refractivity contribution in [2.24, 2.45) is 0 Å². The van der Waals surface area contributed by atoms with Gasteiger partial charge in [0, 0.05) is 6.54 Å². The van der Waals surface area contributed by atoms with Gasteiger partial charge in [-0.2, -0.15) is 5.26 Å². The van der Waals surface area contributed by atoms with Crippen LogP contribution in [-0.4, -0.2) is 18.0 Å². The molecule has 0 aliphatic rings. The van der Waals surface area contributed by atoms with Crippen LogP contribution >= 0.6 is 0 Å². The van der Waals surface area contributed by atoms with Gasteiger partial charge in [0.1, 0.15) is 0 Å². The first-order valence-electron chi connectivity index (χ1n) is 6.43. The van der Waals surface area contributed by atoms with Gasteiger partial charge in [0.05, 0.1) is 11.6 Å². The first kappa shape index (κ1) is 13.7. The van der Waals surface area contributed by atoms with Crippen LogP contribution in [0.4, 0.5) is 0 Å². The van der Waals surface area contributed by atoms with Gasteiger partial charge in [-0.25, -0.2) is 0 Å². The minimum atomic E-state index is 0.754. The lowest BCUT2D eigenvalue weighted by Crippen LogP contribution is -2.25. The molecule has 0 aliphatic heterocycles. The van der Waals surface area contributed by atoms with Gasteiger partial charge in [0.2, 0.25) is 0 Å². The van der Waals surface area contributed by atoms with Crippen molar-refractivity contribution in [2.45, 2.75) is 40.2 Å². The van der Waals surface area contributed by atoms with E-state index in [1.807, 2.05) is 12.1 Å². The molecule has 1 rings (SSSR count). The van der Waals surface area contributed by atoms with E-state index in [1.165, 1.54) is 24.0 Å². The normalized spacial score (nSPS) is 10.5. The fraction of sp³-hybridized carbons (Fsp3) is 0.533. The number of hydrogen-bond acceptors (Lipinski definition) is 2. The molecule has 17 heavy (non-hydrogen) atoms. The van der Waals surface area contributed by atoms with E-state index in [9.17, 15) is 0 Å². The van der Waals surface area contributed by atoms with Crippen LogP contribution in [-0.2, 0) is 6.54 Å². The van der Waals surface area contributed by atoms with Crippen molar-refractivity contribution in [1.29, 1.82) is 5.26 Å². The van der Waals surface area contributed by atoms with Crippen molar-refractivity contribution in [3.8, 4) is 6.07 Å². The summed E-state index contributed by atoms with van der Waals surface area (Å²) in [5, 5.41) is 8.84. The Balaban J connectivity index is 2.75. The van der Waals surface area contributed by atoms with Gasteiger partial charge in [-0.05, 0) is 56.1 Å². The minimum absolute atomic E-state index is 0.754. The molecule has 0 bridgehead atoms. The zero-order valence-corrected chi connectivity index (χ0v) is 11.2. The lowest BCUT2D eigenvalue weighted by Gasteiger charge is -2.22. The maximum atomic E-state index is 8.84. The lowest BCUT2D eigenvalue weighted by atomic mass is 10.0. The van der Waals surface area contributed by atoms with Crippen molar-refractivity contribution < 1.29 is 0 Å². The fourth-order valence-electron chi connectivity index (χ4n) is 2.09. The van der Waals surface area contributed by atoms with E-state index in [2.05, 4.69) is 37.8 Å². The average Bonchev–Trinajstić information content (AvgIpc) is 2.32. The Morgan fingerprint density at radius 3 is 2.29 bits per heavy atom. The van der Waals surface area contributed by atoms with E-state index in [-0.39, 0.29) is 0 Å². The predicted molar refractivity (Wildman–Crippen MR) is 71.8 cm³/mol. The SMILES string of the molecule is CCCN(CCC)Cc1ccc(C#N)cc1C. The molecule has 0 saturated heterocycles. The molecule has 0 unspecified atom stereocenters. The van der Waals surface area contributed by atoms with Crippen LogP contribution in [0.3, 0.4) is 0 Å². The van der Waals surface area contributed by atoms with Gasteiger partial charge in [0.25, 0.3) is 0 Å². The largest absolute Gasteiger partial charge is 0.299 e. The highest BCUT2D eigenvalue weighted by atomic mass is 15.1. The summed E-state index contributed by atoms with van der Waals surface area (Å²) in [6, 6.07) is 8.17. The molecule has 2 heteroatoms. The molecule has 0 heterocycles. The number of nitrogens with zero attached hydrogens (tertiary/aromatic N) is 2. The molecule has 0 radical (unpaired) electrons. The Kier molecular flexibility index (Phi) is 5.72. The van der Waals surface area contributed by atoms with Crippen LogP contribution in [0.2, 0.25) is 0 Å². The number of hydrogen-bond donors (Lipinski definition) is 0. The smallest absolute Gasteiger partial charge is 0.0991 e. The predicted octanol–water partition coefficient (Wildman–Crippen LogP) is 3.49. The van der Waals surface area contributed by atoms with E-state index in [0.717, 1.165) is 25.2 Å². The Morgan fingerprint density at radius 1 is 1.18 bits per heavy atom. The summed E-state index contributed by atoms with van der Waals surface area (Å²) < 4.78 is 0. The summed E-state index contributed by atoms with van der Waals surface area (Å²) in [6.45, 7) is 9.81. The second-order valence-electron chi connectivity index (χ2n) is 4.53. The summed E-state index contributed by atoms with van der Waals surface area (Å²) in [4.78, 5) is 2.48. The van der Waals surface area contributed by atoms with E-state index >= 15 is 0 Å². The standard InChI is InChI=1S/C15H22N2/c1-4-8-17(9-5-2)12-15-7-6-14(11-16)10-13(15)3/h6-7,10H,4-5,8-9,12H2,1-3H3. The molecule has 2 nitrogen and oxygen atoms in total. The number of benzene rings is 1. The number of nitriles is 1. The first-order valence-corrected chi connectivity index (χ1v) is 6.43. The molecule has 0 saturated carbocycles. The van der Waals surface area contributed by atoms with Gasteiger partial charge in [0.15, 0.2) is 0 Å². The number of aryl methyl sites for hydroxylation is 1. The zero-order valence-electron chi connectivity index (χ0n) is 11.2. The van der Waals surface area contributed by atoms with Crippen LogP contribution < -0.4 is 0 Å². The van der Waals surface area contributed by atoms with E-state index in [0.29, 0.717) is 0 Å². The molecule has 1 aromatic carbocycles. The van der Waals surface area contributed by atoms with Crippen LogP contribution in [0, 0.1) is 18.3 Å². The topological polar surface area (TPSA) is 27.0 Å². The maximum Gasteiger partial charge on any atom is 0.0991 e. The highest BCUT2D eigenvalue weighted by molar-refractivity contribution is 5.37. The highest BCUT2D eigenvalue weighted by Crippen LogP contribution is 2.13. The Labute approximate surface area is 105 Å². The van der Waals surface area contributed by atoms with Crippen LogP contribution in [0.15, 0.2) is 18.2 Å². The zero-order chi connectivity index (χ0) is 12.7. The van der Waals surface area contributed by atoms with Crippen molar-refractivity contribution >= 4 is 0 Å². The molecule has 0 aliphatic carbocycles. The summed E-state index contributed by atoms with van der Waals surface area (Å²) >= 11 is 0. The summed E-state index contributed by atoms with van der Waals surface area (Å²) in [7, 11) is 0. The second kappa shape index (κ2) is 7.09. The van der Waals surface area contributed by atoms with Crippen molar-refractivity contribution in [3.63, 3.8) is 0 Å². The molecule has 0 aromatic heterocycles. The van der Waals surface area contributed by atoms with E-state index < -0.39 is 0 Å².